The van der Waals surface area contributed by atoms with E-state index in [4.69, 9.17) is 0 Å². The molecule has 0 aliphatic heterocycles. The van der Waals surface area contributed by atoms with E-state index in [1.807, 2.05) is 18.2 Å². The van der Waals surface area contributed by atoms with Crippen LogP contribution in [-0.2, 0) is 17.1 Å². The van der Waals surface area contributed by atoms with Crippen LogP contribution in [-0.4, -0.2) is 46.2 Å². The number of anilines is 3. The highest BCUT2D eigenvalue weighted by atomic mass is 32.2. The molecule has 0 amide bonds. The van der Waals surface area contributed by atoms with E-state index in [1.165, 1.54) is 0 Å². The lowest BCUT2D eigenvalue weighted by molar-refractivity contribution is 0.581. The number of aromatic nitrogens is 5. The number of sulfonamides is 1. The van der Waals surface area contributed by atoms with Gasteiger partial charge in [0, 0.05) is 32.4 Å². The normalized spacial score (nSPS) is 11.4. The van der Waals surface area contributed by atoms with Crippen molar-refractivity contribution in [3.05, 3.63) is 47.7 Å². The van der Waals surface area contributed by atoms with Gasteiger partial charge in [0.1, 0.15) is 28.2 Å². The molecule has 3 aromatic rings. The number of aryl methyl sites for hydroxylation is 3. The third-order valence-corrected chi connectivity index (χ3v) is 5.91. The van der Waals surface area contributed by atoms with E-state index < -0.39 is 10.0 Å². The van der Waals surface area contributed by atoms with Crippen LogP contribution in [0.1, 0.15) is 17.2 Å². The largest absolute Gasteiger partial charge is 0.369 e. The van der Waals surface area contributed by atoms with Crippen LogP contribution in [0.25, 0.3) is 0 Å². The summed E-state index contributed by atoms with van der Waals surface area (Å²) in [5.41, 5.74) is 1.07. The van der Waals surface area contributed by atoms with Gasteiger partial charge in [-0.05, 0) is 32.9 Å². The minimum absolute atomic E-state index is 0.197. The fourth-order valence-corrected chi connectivity index (χ4v) is 4.35. The molecule has 0 aromatic carbocycles. The monoisotopic (exact) mass is 416 g/mol. The Bertz CT molecular complexity index is 1100. The molecule has 3 N–H and O–H groups in total. The van der Waals surface area contributed by atoms with Crippen molar-refractivity contribution in [2.45, 2.75) is 25.7 Å². The molecule has 3 rings (SSSR count). The first-order chi connectivity index (χ1) is 13.8. The first-order valence-electron chi connectivity index (χ1n) is 9.04. The van der Waals surface area contributed by atoms with Crippen LogP contribution < -0.4 is 15.4 Å². The van der Waals surface area contributed by atoms with Crippen molar-refractivity contribution in [2.24, 2.45) is 7.05 Å². The maximum absolute atomic E-state index is 12.6. The number of rotatable bonds is 8. The summed E-state index contributed by atoms with van der Waals surface area (Å²) in [7, 11) is -1.92. The van der Waals surface area contributed by atoms with Crippen molar-refractivity contribution in [1.29, 1.82) is 0 Å². The molecule has 3 heterocycles. The molecule has 0 atom stereocenters. The smallest absolute Gasteiger partial charge is 0.244 e. The van der Waals surface area contributed by atoms with E-state index in [0.717, 1.165) is 0 Å². The Labute approximate surface area is 169 Å². The zero-order chi connectivity index (χ0) is 21.0. The summed E-state index contributed by atoms with van der Waals surface area (Å²) >= 11 is 0. The fraction of sp³-hybridized carbons (Fsp3) is 0.333. The predicted molar refractivity (Wildman–Crippen MR) is 111 cm³/mol. The Hall–Kier alpha value is -3.05. The van der Waals surface area contributed by atoms with Crippen LogP contribution in [0.15, 0.2) is 35.4 Å². The molecule has 0 radical (unpaired) electrons. The Morgan fingerprint density at radius 2 is 1.79 bits per heavy atom. The maximum Gasteiger partial charge on any atom is 0.244 e. The summed E-state index contributed by atoms with van der Waals surface area (Å²) < 4.78 is 29.3. The topological polar surface area (TPSA) is 127 Å². The molecule has 0 saturated carbocycles. The molecular formula is C18H24N8O2S. The number of pyridine rings is 1. The van der Waals surface area contributed by atoms with E-state index in [2.05, 4.69) is 35.4 Å². The lowest BCUT2D eigenvalue weighted by Crippen LogP contribution is -2.29. The molecule has 0 aliphatic rings. The van der Waals surface area contributed by atoms with Crippen LogP contribution in [0.2, 0.25) is 0 Å². The summed E-state index contributed by atoms with van der Waals surface area (Å²) in [5.74, 6) is 2.44. The second kappa shape index (κ2) is 8.53. The van der Waals surface area contributed by atoms with Crippen LogP contribution in [0.5, 0.6) is 0 Å². The molecule has 0 fully saturated rings. The van der Waals surface area contributed by atoms with Crippen LogP contribution >= 0.6 is 0 Å². The molecule has 0 unspecified atom stereocenters. The van der Waals surface area contributed by atoms with E-state index in [0.29, 0.717) is 41.2 Å². The highest BCUT2D eigenvalue weighted by molar-refractivity contribution is 7.89. The van der Waals surface area contributed by atoms with Crippen LogP contribution in [0.4, 0.5) is 17.5 Å². The quantitative estimate of drug-likeness (QED) is 0.473. The van der Waals surface area contributed by atoms with Gasteiger partial charge in [0.05, 0.1) is 11.4 Å². The summed E-state index contributed by atoms with van der Waals surface area (Å²) in [6.07, 6.45) is 1.69. The highest BCUT2D eigenvalue weighted by Gasteiger charge is 2.23. The molecule has 0 saturated heterocycles. The van der Waals surface area contributed by atoms with Crippen molar-refractivity contribution in [1.82, 2.24) is 29.5 Å². The fourth-order valence-electron chi connectivity index (χ4n) is 2.88. The second-order valence-corrected chi connectivity index (χ2v) is 8.18. The maximum atomic E-state index is 12.6. The number of hydrogen-bond acceptors (Lipinski definition) is 8. The highest BCUT2D eigenvalue weighted by Crippen LogP contribution is 2.18. The molecule has 0 spiro atoms. The molecule has 11 heteroatoms. The first kappa shape index (κ1) is 20.7. The molecule has 0 bridgehead atoms. The summed E-state index contributed by atoms with van der Waals surface area (Å²) in [6, 6.07) is 7.28. The van der Waals surface area contributed by atoms with Gasteiger partial charge in [-0.1, -0.05) is 6.07 Å². The Morgan fingerprint density at radius 3 is 2.45 bits per heavy atom. The zero-order valence-electron chi connectivity index (χ0n) is 16.8. The SMILES string of the molecule is Cc1nc(NCCNS(=O)(=O)c2c(C)nn(C)c2C)cc(Nc2ccccn2)n1. The number of nitrogens with one attached hydrogen (secondary N) is 3. The van der Waals surface area contributed by atoms with E-state index in [9.17, 15) is 8.42 Å². The minimum atomic E-state index is -3.64. The van der Waals surface area contributed by atoms with E-state index in [1.54, 1.807) is 44.8 Å². The lowest BCUT2D eigenvalue weighted by atomic mass is 10.4. The molecule has 10 nitrogen and oxygen atoms in total. The Kier molecular flexibility index (Phi) is 6.09. The van der Waals surface area contributed by atoms with Gasteiger partial charge in [-0.2, -0.15) is 5.10 Å². The van der Waals surface area contributed by atoms with Crippen molar-refractivity contribution in [3.8, 4) is 0 Å². The minimum Gasteiger partial charge on any atom is -0.369 e. The Balaban J connectivity index is 1.60. The third kappa shape index (κ3) is 5.06. The molecule has 0 aliphatic carbocycles. The van der Waals surface area contributed by atoms with Gasteiger partial charge in [-0.3, -0.25) is 4.68 Å². The van der Waals surface area contributed by atoms with Crippen LogP contribution in [0.3, 0.4) is 0 Å². The standard InChI is InChI=1S/C18H24N8O2S/c1-12-18(13(2)26(4)25-12)29(27,28)21-10-9-20-16-11-17(23-14(3)22-16)24-15-7-5-6-8-19-15/h5-8,11,21H,9-10H2,1-4H3,(H2,19,20,22,23,24). The van der Waals surface area contributed by atoms with Gasteiger partial charge in [0.25, 0.3) is 0 Å². The molecule has 3 aromatic heterocycles. The van der Waals surface area contributed by atoms with Gasteiger partial charge >= 0.3 is 0 Å². The average molecular weight is 417 g/mol. The predicted octanol–water partition coefficient (Wildman–Crippen LogP) is 1.66. The zero-order valence-corrected chi connectivity index (χ0v) is 17.6. The summed E-state index contributed by atoms with van der Waals surface area (Å²) in [4.78, 5) is 13.1. The third-order valence-electron chi connectivity index (χ3n) is 4.19. The second-order valence-electron chi connectivity index (χ2n) is 6.47. The molecule has 154 valence electrons. The van der Waals surface area contributed by atoms with Crippen molar-refractivity contribution in [3.63, 3.8) is 0 Å². The lowest BCUT2D eigenvalue weighted by Gasteiger charge is -2.11. The number of hydrogen-bond donors (Lipinski definition) is 3. The van der Waals surface area contributed by atoms with Gasteiger partial charge < -0.3 is 10.6 Å². The van der Waals surface area contributed by atoms with Crippen molar-refractivity contribution in [2.75, 3.05) is 23.7 Å². The van der Waals surface area contributed by atoms with Gasteiger partial charge in [-0.25, -0.2) is 28.1 Å². The van der Waals surface area contributed by atoms with Gasteiger partial charge in [0.2, 0.25) is 10.0 Å². The first-order valence-corrected chi connectivity index (χ1v) is 10.5. The van der Waals surface area contributed by atoms with Crippen molar-refractivity contribution < 1.29 is 8.42 Å². The van der Waals surface area contributed by atoms with Crippen LogP contribution in [0, 0.1) is 20.8 Å². The van der Waals surface area contributed by atoms with Gasteiger partial charge in [-0.15, -0.1) is 0 Å². The van der Waals surface area contributed by atoms with E-state index >= 15 is 0 Å². The van der Waals surface area contributed by atoms with Gasteiger partial charge in [0.15, 0.2) is 0 Å². The summed E-state index contributed by atoms with van der Waals surface area (Å²) in [6.45, 7) is 5.75. The Morgan fingerprint density at radius 1 is 1.03 bits per heavy atom. The summed E-state index contributed by atoms with van der Waals surface area (Å²) in [5, 5.41) is 10.4. The molecule has 29 heavy (non-hydrogen) atoms. The number of nitrogens with zero attached hydrogens (tertiary/aromatic N) is 5. The van der Waals surface area contributed by atoms with E-state index in [-0.39, 0.29) is 11.4 Å². The molecular weight excluding hydrogens is 392 g/mol. The van der Waals surface area contributed by atoms with Crippen molar-refractivity contribution >= 4 is 27.5 Å². The average Bonchev–Trinajstić information content (AvgIpc) is 2.91.